The maximum atomic E-state index is 11.2. The highest BCUT2D eigenvalue weighted by atomic mass is 16.5. The molecule has 5 heteroatoms. The van der Waals surface area contributed by atoms with Gasteiger partial charge in [-0.25, -0.2) is 9.78 Å². The van der Waals surface area contributed by atoms with Gasteiger partial charge >= 0.3 is 5.97 Å². The summed E-state index contributed by atoms with van der Waals surface area (Å²) in [5.74, 6) is 0.432. The zero-order valence-electron chi connectivity index (χ0n) is 12.3. The summed E-state index contributed by atoms with van der Waals surface area (Å²) in [5, 5.41) is 12.6. The van der Waals surface area contributed by atoms with Gasteiger partial charge in [-0.1, -0.05) is 13.3 Å². The van der Waals surface area contributed by atoms with Gasteiger partial charge < -0.3 is 15.2 Å². The number of rotatable bonds is 6. The zero-order valence-corrected chi connectivity index (χ0v) is 12.3. The molecule has 2 fully saturated rings. The highest BCUT2D eigenvalue weighted by molar-refractivity contribution is 5.88. The van der Waals surface area contributed by atoms with Crippen molar-refractivity contribution in [1.29, 1.82) is 0 Å². The van der Waals surface area contributed by atoms with Crippen LogP contribution >= 0.6 is 0 Å². The maximum absolute atomic E-state index is 11.2. The molecule has 2 aliphatic rings. The number of ether oxygens (including phenoxy) is 1. The van der Waals surface area contributed by atoms with Crippen molar-refractivity contribution in [2.24, 2.45) is 5.92 Å². The minimum absolute atomic E-state index is 0.253. The third-order valence-corrected chi connectivity index (χ3v) is 4.19. The third kappa shape index (κ3) is 3.35. The number of carbonyl (C=O) groups is 1. The Bertz CT molecular complexity index is 528. The first-order chi connectivity index (χ1) is 10.2. The molecule has 3 rings (SSSR count). The number of carboxylic acids is 1. The Kier molecular flexibility index (Phi) is 4.10. The van der Waals surface area contributed by atoms with Gasteiger partial charge in [-0.2, -0.15) is 0 Å². The van der Waals surface area contributed by atoms with E-state index in [4.69, 9.17) is 4.74 Å². The van der Waals surface area contributed by atoms with Crippen LogP contribution in [0.25, 0.3) is 0 Å². The molecule has 2 heterocycles. The summed E-state index contributed by atoms with van der Waals surface area (Å²) in [6, 6.07) is 3.55. The molecule has 21 heavy (non-hydrogen) atoms. The monoisotopic (exact) mass is 290 g/mol. The summed E-state index contributed by atoms with van der Waals surface area (Å²) in [6.07, 6.45) is 5.45. The number of nitrogens with zero attached hydrogens (tertiary/aromatic N) is 1. The highest BCUT2D eigenvalue weighted by Gasteiger charge is 2.40. The first kappa shape index (κ1) is 14.3. The lowest BCUT2D eigenvalue weighted by Crippen LogP contribution is -2.31. The van der Waals surface area contributed by atoms with Crippen molar-refractivity contribution < 1.29 is 14.6 Å². The van der Waals surface area contributed by atoms with Crippen LogP contribution in [0.2, 0.25) is 0 Å². The second-order valence-electron chi connectivity index (χ2n) is 6.00. The van der Waals surface area contributed by atoms with E-state index < -0.39 is 5.97 Å². The average molecular weight is 290 g/mol. The number of aromatic carboxylic acids is 1. The molecule has 5 nitrogen and oxygen atoms in total. The average Bonchev–Trinajstić information content (AvgIpc) is 3.19. The molecule has 0 spiro atoms. The van der Waals surface area contributed by atoms with Gasteiger partial charge in [-0.3, -0.25) is 0 Å². The summed E-state index contributed by atoms with van der Waals surface area (Å²) in [5.41, 5.74) is 1.14. The van der Waals surface area contributed by atoms with Crippen molar-refractivity contribution in [2.45, 2.75) is 51.2 Å². The SMILES string of the molecule is CCCc1cc(C(=O)O)cc(NC2CCOC2C2CC2)n1. The normalized spacial score (nSPS) is 25.0. The van der Waals surface area contributed by atoms with Gasteiger partial charge in [0.1, 0.15) is 5.82 Å². The number of nitrogens with one attached hydrogen (secondary N) is 1. The maximum Gasteiger partial charge on any atom is 0.335 e. The molecule has 0 bridgehead atoms. The van der Waals surface area contributed by atoms with E-state index in [0.29, 0.717) is 17.3 Å². The summed E-state index contributed by atoms with van der Waals surface area (Å²) in [7, 11) is 0. The first-order valence-electron chi connectivity index (χ1n) is 7.79. The van der Waals surface area contributed by atoms with Crippen molar-refractivity contribution in [3.63, 3.8) is 0 Å². The summed E-state index contributed by atoms with van der Waals surface area (Å²) in [4.78, 5) is 15.8. The molecule has 1 saturated carbocycles. The molecule has 2 unspecified atom stereocenters. The van der Waals surface area contributed by atoms with E-state index in [0.717, 1.165) is 31.6 Å². The van der Waals surface area contributed by atoms with E-state index in [-0.39, 0.29) is 12.1 Å². The van der Waals surface area contributed by atoms with Crippen LogP contribution in [-0.4, -0.2) is 34.8 Å². The minimum atomic E-state index is -0.904. The minimum Gasteiger partial charge on any atom is -0.478 e. The van der Waals surface area contributed by atoms with Gasteiger partial charge in [0, 0.05) is 12.3 Å². The second kappa shape index (κ2) is 6.02. The van der Waals surface area contributed by atoms with Crippen molar-refractivity contribution in [3.05, 3.63) is 23.4 Å². The molecule has 0 amide bonds. The van der Waals surface area contributed by atoms with E-state index in [1.165, 1.54) is 12.8 Å². The van der Waals surface area contributed by atoms with Crippen molar-refractivity contribution in [1.82, 2.24) is 4.98 Å². The second-order valence-corrected chi connectivity index (χ2v) is 6.00. The summed E-state index contributed by atoms with van der Waals surface area (Å²) >= 11 is 0. The molecule has 0 radical (unpaired) electrons. The fraction of sp³-hybridized carbons (Fsp3) is 0.625. The number of aromatic nitrogens is 1. The van der Waals surface area contributed by atoms with E-state index in [2.05, 4.69) is 17.2 Å². The Morgan fingerprint density at radius 2 is 2.24 bits per heavy atom. The molecule has 2 atom stereocenters. The van der Waals surface area contributed by atoms with Crippen LogP contribution in [0.5, 0.6) is 0 Å². The van der Waals surface area contributed by atoms with Crippen LogP contribution in [0.1, 0.15) is 48.7 Å². The van der Waals surface area contributed by atoms with E-state index >= 15 is 0 Å². The Morgan fingerprint density at radius 3 is 2.90 bits per heavy atom. The Hall–Kier alpha value is -1.62. The highest BCUT2D eigenvalue weighted by Crippen LogP contribution is 2.39. The largest absolute Gasteiger partial charge is 0.478 e. The van der Waals surface area contributed by atoms with Gasteiger partial charge in [0.15, 0.2) is 0 Å². The number of hydrogen-bond acceptors (Lipinski definition) is 4. The quantitative estimate of drug-likeness (QED) is 0.843. The van der Waals surface area contributed by atoms with Crippen LogP contribution in [0.3, 0.4) is 0 Å². The Labute approximate surface area is 124 Å². The zero-order chi connectivity index (χ0) is 14.8. The third-order valence-electron chi connectivity index (χ3n) is 4.19. The van der Waals surface area contributed by atoms with Crippen molar-refractivity contribution in [3.8, 4) is 0 Å². The van der Waals surface area contributed by atoms with Gasteiger partial charge in [-0.15, -0.1) is 0 Å². The predicted octanol–water partition coefficient (Wildman–Crippen LogP) is 2.71. The first-order valence-corrected chi connectivity index (χ1v) is 7.79. The Morgan fingerprint density at radius 1 is 1.43 bits per heavy atom. The standard InChI is InChI=1S/C16H22N2O3/c1-2-3-12-8-11(16(19)20)9-14(17-12)18-13-6-7-21-15(13)10-4-5-10/h8-10,13,15H,2-7H2,1H3,(H,17,18)(H,19,20). The molecule has 0 aromatic carbocycles. The molecule has 1 aromatic rings. The predicted molar refractivity (Wildman–Crippen MR) is 79.7 cm³/mol. The smallest absolute Gasteiger partial charge is 0.335 e. The molecule has 1 saturated heterocycles. The molecular formula is C16H22N2O3. The van der Waals surface area contributed by atoms with Crippen LogP contribution in [-0.2, 0) is 11.2 Å². The van der Waals surface area contributed by atoms with Crippen molar-refractivity contribution in [2.75, 3.05) is 11.9 Å². The molecule has 2 N–H and O–H groups in total. The van der Waals surface area contributed by atoms with Crippen molar-refractivity contribution >= 4 is 11.8 Å². The molecule has 1 aliphatic carbocycles. The fourth-order valence-electron chi connectivity index (χ4n) is 3.01. The number of pyridine rings is 1. The summed E-state index contributed by atoms with van der Waals surface area (Å²) in [6.45, 7) is 2.84. The van der Waals surface area contributed by atoms with Crippen LogP contribution in [0, 0.1) is 5.92 Å². The van der Waals surface area contributed by atoms with Crippen LogP contribution in [0.15, 0.2) is 12.1 Å². The lowest BCUT2D eigenvalue weighted by atomic mass is 10.1. The van der Waals surface area contributed by atoms with Crippen LogP contribution < -0.4 is 5.32 Å². The molecule has 114 valence electrons. The lowest BCUT2D eigenvalue weighted by molar-refractivity contribution is 0.0696. The van der Waals surface area contributed by atoms with E-state index in [1.54, 1.807) is 12.1 Å². The summed E-state index contributed by atoms with van der Waals surface area (Å²) < 4.78 is 5.81. The molecule has 1 aliphatic heterocycles. The van der Waals surface area contributed by atoms with Gasteiger partial charge in [-0.05, 0) is 43.7 Å². The number of aryl methyl sites for hydroxylation is 1. The van der Waals surface area contributed by atoms with Gasteiger partial charge in [0.2, 0.25) is 0 Å². The Balaban J connectivity index is 1.78. The fourth-order valence-corrected chi connectivity index (χ4v) is 3.01. The number of carboxylic acid groups (broad SMARTS) is 1. The van der Waals surface area contributed by atoms with E-state index in [1.807, 2.05) is 0 Å². The lowest BCUT2D eigenvalue weighted by Gasteiger charge is -2.20. The molecular weight excluding hydrogens is 268 g/mol. The van der Waals surface area contributed by atoms with Crippen LogP contribution in [0.4, 0.5) is 5.82 Å². The van der Waals surface area contributed by atoms with Gasteiger partial charge in [0.25, 0.3) is 0 Å². The number of anilines is 1. The number of hydrogen-bond donors (Lipinski definition) is 2. The molecule has 1 aromatic heterocycles. The topological polar surface area (TPSA) is 71.5 Å². The van der Waals surface area contributed by atoms with Gasteiger partial charge in [0.05, 0.1) is 17.7 Å². The van der Waals surface area contributed by atoms with E-state index in [9.17, 15) is 9.90 Å².